The van der Waals surface area contributed by atoms with E-state index in [9.17, 15) is 4.79 Å². The van der Waals surface area contributed by atoms with Gasteiger partial charge < -0.3 is 0 Å². The molecule has 0 unspecified atom stereocenters. The van der Waals surface area contributed by atoms with E-state index in [0.29, 0.717) is 16.5 Å². The lowest BCUT2D eigenvalue weighted by atomic mass is 10.1. The summed E-state index contributed by atoms with van der Waals surface area (Å²) >= 11 is 1.36. The van der Waals surface area contributed by atoms with Crippen molar-refractivity contribution in [2.75, 3.05) is 5.32 Å². The van der Waals surface area contributed by atoms with Crippen molar-refractivity contribution in [1.82, 2.24) is 20.0 Å². The van der Waals surface area contributed by atoms with Crippen LogP contribution >= 0.6 is 11.3 Å². The van der Waals surface area contributed by atoms with Gasteiger partial charge >= 0.3 is 0 Å². The Hall–Kier alpha value is -2.54. The van der Waals surface area contributed by atoms with Crippen LogP contribution in [0.5, 0.6) is 0 Å². The Labute approximate surface area is 144 Å². The fourth-order valence-corrected chi connectivity index (χ4v) is 2.93. The zero-order valence-electron chi connectivity index (χ0n) is 13.7. The third kappa shape index (κ3) is 3.51. The molecule has 7 heteroatoms. The number of aryl methyl sites for hydroxylation is 1. The molecule has 0 spiro atoms. The van der Waals surface area contributed by atoms with E-state index in [1.165, 1.54) is 29.7 Å². The van der Waals surface area contributed by atoms with Crippen LogP contribution < -0.4 is 5.32 Å². The SMILES string of the molecule is CCCCc1ccc(-n2nnc(C(=O)Nc3nccs3)c2C)cc1. The summed E-state index contributed by atoms with van der Waals surface area (Å²) in [6, 6.07) is 8.22. The molecule has 0 bridgehead atoms. The second-order valence-electron chi connectivity index (χ2n) is 5.50. The quantitative estimate of drug-likeness (QED) is 0.743. The summed E-state index contributed by atoms with van der Waals surface area (Å²) in [4.78, 5) is 16.3. The fraction of sp³-hybridized carbons (Fsp3) is 0.294. The van der Waals surface area contributed by atoms with Gasteiger partial charge in [0.05, 0.1) is 11.4 Å². The molecule has 0 fully saturated rings. The Morgan fingerprint density at radius 1 is 1.29 bits per heavy atom. The normalized spacial score (nSPS) is 10.8. The molecule has 0 radical (unpaired) electrons. The third-order valence-electron chi connectivity index (χ3n) is 3.76. The standard InChI is InChI=1S/C17H19N5OS/c1-3-4-5-13-6-8-14(9-7-13)22-12(2)15(20-21-22)16(23)19-17-18-10-11-24-17/h6-11H,3-5H2,1-2H3,(H,18,19,23). The van der Waals surface area contributed by atoms with Crippen molar-refractivity contribution in [2.45, 2.75) is 33.1 Å². The molecular weight excluding hydrogens is 322 g/mol. The predicted octanol–water partition coefficient (Wildman–Crippen LogP) is 3.63. The lowest BCUT2D eigenvalue weighted by molar-refractivity contribution is 0.102. The van der Waals surface area contributed by atoms with Crippen molar-refractivity contribution >= 4 is 22.4 Å². The summed E-state index contributed by atoms with van der Waals surface area (Å²) in [5.74, 6) is -0.298. The minimum absolute atomic E-state index is 0.298. The Morgan fingerprint density at radius 2 is 2.08 bits per heavy atom. The number of carbonyl (C=O) groups is 1. The van der Waals surface area contributed by atoms with Crippen molar-refractivity contribution in [1.29, 1.82) is 0 Å². The highest BCUT2D eigenvalue weighted by Crippen LogP contribution is 2.16. The number of aromatic nitrogens is 4. The summed E-state index contributed by atoms with van der Waals surface area (Å²) in [5, 5.41) is 13.2. The molecule has 0 saturated heterocycles. The van der Waals surface area contributed by atoms with E-state index in [-0.39, 0.29) is 5.91 Å². The second kappa shape index (κ2) is 7.35. The molecule has 2 heterocycles. The first kappa shape index (κ1) is 16.3. The number of unbranched alkanes of at least 4 members (excludes halogenated alkanes) is 1. The van der Waals surface area contributed by atoms with Gasteiger partial charge in [-0.15, -0.1) is 16.4 Å². The second-order valence-corrected chi connectivity index (χ2v) is 6.39. The number of carbonyl (C=O) groups excluding carboxylic acids is 1. The largest absolute Gasteiger partial charge is 0.296 e. The molecule has 2 aromatic heterocycles. The summed E-state index contributed by atoms with van der Waals surface area (Å²) in [6.07, 6.45) is 5.09. The van der Waals surface area contributed by atoms with E-state index in [2.05, 4.69) is 39.7 Å². The van der Waals surface area contributed by atoms with Gasteiger partial charge in [-0.05, 0) is 37.5 Å². The van der Waals surface area contributed by atoms with Gasteiger partial charge in [-0.1, -0.05) is 30.7 Å². The number of anilines is 1. The molecule has 124 valence electrons. The van der Waals surface area contributed by atoms with Crippen LogP contribution in [0.4, 0.5) is 5.13 Å². The first-order chi connectivity index (χ1) is 11.7. The summed E-state index contributed by atoms with van der Waals surface area (Å²) in [6.45, 7) is 4.02. The maximum absolute atomic E-state index is 12.3. The van der Waals surface area contributed by atoms with E-state index < -0.39 is 0 Å². The molecule has 3 rings (SSSR count). The highest BCUT2D eigenvalue weighted by Gasteiger charge is 2.18. The smallest absolute Gasteiger partial charge is 0.279 e. The molecule has 0 aliphatic carbocycles. The molecular formula is C17H19N5OS. The number of nitrogens with zero attached hydrogens (tertiary/aromatic N) is 4. The number of benzene rings is 1. The van der Waals surface area contributed by atoms with E-state index in [1.807, 2.05) is 19.1 Å². The molecule has 0 saturated carbocycles. The topological polar surface area (TPSA) is 72.7 Å². The molecule has 1 N–H and O–H groups in total. The van der Waals surface area contributed by atoms with E-state index >= 15 is 0 Å². The summed E-state index contributed by atoms with van der Waals surface area (Å²) in [5.41, 5.74) is 3.21. The van der Waals surface area contributed by atoms with Crippen LogP contribution in [-0.4, -0.2) is 25.9 Å². The Balaban J connectivity index is 1.78. The molecule has 6 nitrogen and oxygen atoms in total. The van der Waals surface area contributed by atoms with Crippen molar-refractivity contribution < 1.29 is 4.79 Å². The van der Waals surface area contributed by atoms with Gasteiger partial charge in [0.2, 0.25) is 0 Å². The van der Waals surface area contributed by atoms with Gasteiger partial charge in [0.25, 0.3) is 5.91 Å². The van der Waals surface area contributed by atoms with E-state index in [0.717, 1.165) is 12.1 Å². The van der Waals surface area contributed by atoms with Crippen molar-refractivity contribution in [2.24, 2.45) is 0 Å². The number of amides is 1. The molecule has 0 aliphatic rings. The average molecular weight is 341 g/mol. The summed E-state index contributed by atoms with van der Waals surface area (Å²) in [7, 11) is 0. The van der Waals surface area contributed by atoms with Crippen LogP contribution in [0.1, 0.15) is 41.5 Å². The fourth-order valence-electron chi connectivity index (χ4n) is 2.41. The van der Waals surface area contributed by atoms with E-state index in [4.69, 9.17) is 0 Å². The molecule has 3 aromatic rings. The first-order valence-corrected chi connectivity index (χ1v) is 8.79. The molecule has 0 atom stereocenters. The number of thiazole rings is 1. The molecule has 24 heavy (non-hydrogen) atoms. The molecule has 1 aromatic carbocycles. The van der Waals surface area contributed by atoms with Crippen LogP contribution in [-0.2, 0) is 6.42 Å². The monoisotopic (exact) mass is 341 g/mol. The van der Waals surface area contributed by atoms with Crippen LogP contribution in [0.25, 0.3) is 5.69 Å². The predicted molar refractivity (Wildman–Crippen MR) is 94.8 cm³/mol. The van der Waals surface area contributed by atoms with Crippen molar-refractivity contribution in [3.05, 3.63) is 52.8 Å². The van der Waals surface area contributed by atoms with Crippen molar-refractivity contribution in [3.8, 4) is 5.69 Å². The number of rotatable bonds is 6. The lowest BCUT2D eigenvalue weighted by Crippen LogP contribution is -2.14. The minimum Gasteiger partial charge on any atom is -0.296 e. The Bertz CT molecular complexity index is 808. The zero-order chi connectivity index (χ0) is 16.9. The number of nitrogens with one attached hydrogen (secondary N) is 1. The van der Waals surface area contributed by atoms with Crippen LogP contribution in [0.3, 0.4) is 0 Å². The highest BCUT2D eigenvalue weighted by molar-refractivity contribution is 7.13. The van der Waals surface area contributed by atoms with Gasteiger partial charge in [0, 0.05) is 11.6 Å². The Morgan fingerprint density at radius 3 is 2.75 bits per heavy atom. The average Bonchev–Trinajstić information content (AvgIpc) is 3.23. The first-order valence-electron chi connectivity index (χ1n) is 7.91. The summed E-state index contributed by atoms with van der Waals surface area (Å²) < 4.78 is 1.68. The maximum atomic E-state index is 12.3. The Kier molecular flexibility index (Phi) is 5.00. The zero-order valence-corrected chi connectivity index (χ0v) is 14.5. The van der Waals surface area contributed by atoms with Crippen molar-refractivity contribution in [3.63, 3.8) is 0 Å². The highest BCUT2D eigenvalue weighted by atomic mass is 32.1. The molecule has 1 amide bonds. The number of hydrogen-bond acceptors (Lipinski definition) is 5. The maximum Gasteiger partial charge on any atom is 0.279 e. The van der Waals surface area contributed by atoms with Crippen LogP contribution in [0.15, 0.2) is 35.8 Å². The molecule has 0 aliphatic heterocycles. The third-order valence-corrected chi connectivity index (χ3v) is 4.45. The minimum atomic E-state index is -0.298. The van der Waals surface area contributed by atoms with Gasteiger partial charge in [0.15, 0.2) is 10.8 Å². The van der Waals surface area contributed by atoms with Gasteiger partial charge in [-0.2, -0.15) is 0 Å². The van der Waals surface area contributed by atoms with E-state index in [1.54, 1.807) is 16.3 Å². The van der Waals surface area contributed by atoms with Gasteiger partial charge in [0.1, 0.15) is 0 Å². The van der Waals surface area contributed by atoms with Crippen LogP contribution in [0.2, 0.25) is 0 Å². The van der Waals surface area contributed by atoms with Crippen LogP contribution in [0, 0.1) is 6.92 Å². The van der Waals surface area contributed by atoms with Gasteiger partial charge in [-0.3, -0.25) is 10.1 Å². The lowest BCUT2D eigenvalue weighted by Gasteiger charge is -2.05. The number of hydrogen-bond donors (Lipinski definition) is 1. The van der Waals surface area contributed by atoms with Gasteiger partial charge in [-0.25, -0.2) is 9.67 Å².